The Morgan fingerprint density at radius 2 is 1.72 bits per heavy atom. The Morgan fingerprint density at radius 3 is 2.22 bits per heavy atom. The Hall–Kier alpha value is -0.900. The van der Waals surface area contributed by atoms with Crippen molar-refractivity contribution in [2.75, 3.05) is 34.2 Å². The number of nitrogens with zero attached hydrogens (tertiary/aromatic N) is 2. The molecule has 0 saturated carbocycles. The van der Waals surface area contributed by atoms with E-state index >= 15 is 0 Å². The van der Waals surface area contributed by atoms with Crippen LogP contribution in [0.15, 0.2) is 24.3 Å². The van der Waals surface area contributed by atoms with Gasteiger partial charge in [-0.3, -0.25) is 4.90 Å². The lowest BCUT2D eigenvalue weighted by Crippen LogP contribution is -2.40. The zero-order valence-electron chi connectivity index (χ0n) is 12.4. The molecule has 0 amide bonds. The van der Waals surface area contributed by atoms with E-state index in [2.05, 4.69) is 69.1 Å². The summed E-state index contributed by atoms with van der Waals surface area (Å²) in [6.07, 6.45) is 0. The highest BCUT2D eigenvalue weighted by Crippen LogP contribution is 2.24. The molecule has 0 fully saturated rings. The van der Waals surface area contributed by atoms with Crippen molar-refractivity contribution in [2.45, 2.75) is 25.9 Å². The minimum atomic E-state index is 0.123. The lowest BCUT2D eigenvalue weighted by molar-refractivity contribution is 0.198. The summed E-state index contributed by atoms with van der Waals surface area (Å²) in [7, 11) is 6.36. The molecule has 1 aromatic rings. The van der Waals surface area contributed by atoms with Crippen LogP contribution in [0.25, 0.3) is 0 Å². The maximum absolute atomic E-state index is 6.19. The Balaban J connectivity index is 2.86. The summed E-state index contributed by atoms with van der Waals surface area (Å²) in [5, 5.41) is 0. The smallest absolute Gasteiger partial charge is 0.0496 e. The molecule has 18 heavy (non-hydrogen) atoms. The van der Waals surface area contributed by atoms with Crippen LogP contribution >= 0.6 is 0 Å². The van der Waals surface area contributed by atoms with E-state index in [1.165, 1.54) is 11.1 Å². The highest BCUT2D eigenvalue weighted by molar-refractivity contribution is 5.29. The Bertz CT molecular complexity index is 361. The summed E-state index contributed by atoms with van der Waals surface area (Å²) >= 11 is 0. The summed E-state index contributed by atoms with van der Waals surface area (Å²) < 4.78 is 0. The van der Waals surface area contributed by atoms with Gasteiger partial charge in [-0.1, -0.05) is 24.3 Å². The van der Waals surface area contributed by atoms with E-state index in [-0.39, 0.29) is 12.1 Å². The fourth-order valence-electron chi connectivity index (χ4n) is 2.34. The molecule has 102 valence electrons. The van der Waals surface area contributed by atoms with Crippen LogP contribution in [0.3, 0.4) is 0 Å². The van der Waals surface area contributed by atoms with Crippen molar-refractivity contribution in [3.63, 3.8) is 0 Å². The normalized spacial score (nSPS) is 15.1. The van der Waals surface area contributed by atoms with E-state index in [1.54, 1.807) is 0 Å². The first-order chi connectivity index (χ1) is 8.43. The molecule has 0 radical (unpaired) electrons. The first-order valence-electron chi connectivity index (χ1n) is 6.59. The molecular weight excluding hydrogens is 222 g/mol. The van der Waals surface area contributed by atoms with Crippen molar-refractivity contribution < 1.29 is 0 Å². The number of benzene rings is 1. The van der Waals surface area contributed by atoms with Crippen molar-refractivity contribution >= 4 is 0 Å². The van der Waals surface area contributed by atoms with Crippen molar-refractivity contribution in [1.82, 2.24) is 9.80 Å². The van der Waals surface area contributed by atoms with Crippen LogP contribution in [-0.2, 0) is 0 Å². The molecule has 0 aliphatic rings. The molecule has 0 aliphatic carbocycles. The van der Waals surface area contributed by atoms with Crippen molar-refractivity contribution in [2.24, 2.45) is 5.73 Å². The van der Waals surface area contributed by atoms with Gasteiger partial charge in [0.05, 0.1) is 0 Å². The van der Waals surface area contributed by atoms with E-state index < -0.39 is 0 Å². The largest absolute Gasteiger partial charge is 0.326 e. The maximum Gasteiger partial charge on any atom is 0.0496 e. The summed E-state index contributed by atoms with van der Waals surface area (Å²) in [6, 6.07) is 8.93. The predicted molar refractivity (Wildman–Crippen MR) is 78.8 cm³/mol. The average Bonchev–Trinajstić information content (AvgIpc) is 2.29. The van der Waals surface area contributed by atoms with Crippen LogP contribution in [0, 0.1) is 6.92 Å². The van der Waals surface area contributed by atoms with Gasteiger partial charge in [0.25, 0.3) is 0 Å². The average molecular weight is 249 g/mol. The van der Waals surface area contributed by atoms with Gasteiger partial charge in [0.1, 0.15) is 0 Å². The summed E-state index contributed by atoms with van der Waals surface area (Å²) in [5.74, 6) is 0. The molecule has 3 heteroatoms. The summed E-state index contributed by atoms with van der Waals surface area (Å²) in [5.41, 5.74) is 8.85. The van der Waals surface area contributed by atoms with Crippen LogP contribution in [0.1, 0.15) is 24.1 Å². The lowest BCUT2D eigenvalue weighted by atomic mass is 9.95. The van der Waals surface area contributed by atoms with Crippen molar-refractivity contribution in [3.05, 3.63) is 35.4 Å². The number of hydrogen-bond acceptors (Lipinski definition) is 3. The molecule has 0 aromatic heterocycles. The SMILES string of the molecule is Cc1ccccc1C(C(C)N)N(C)CCN(C)C. The molecule has 1 rings (SSSR count). The summed E-state index contributed by atoms with van der Waals surface area (Å²) in [4.78, 5) is 4.56. The van der Waals surface area contributed by atoms with Crippen LogP contribution in [0.2, 0.25) is 0 Å². The van der Waals surface area contributed by atoms with E-state index in [9.17, 15) is 0 Å². The van der Waals surface area contributed by atoms with E-state index in [4.69, 9.17) is 5.73 Å². The van der Waals surface area contributed by atoms with E-state index in [1.807, 2.05) is 0 Å². The van der Waals surface area contributed by atoms with Gasteiger partial charge in [-0.25, -0.2) is 0 Å². The molecule has 0 bridgehead atoms. The van der Waals surface area contributed by atoms with Gasteiger partial charge in [0.2, 0.25) is 0 Å². The zero-order chi connectivity index (χ0) is 13.7. The Morgan fingerprint density at radius 1 is 1.11 bits per heavy atom. The molecule has 0 heterocycles. The van der Waals surface area contributed by atoms with Crippen LogP contribution in [0.4, 0.5) is 0 Å². The minimum Gasteiger partial charge on any atom is -0.326 e. The van der Waals surface area contributed by atoms with Gasteiger partial charge in [0.15, 0.2) is 0 Å². The summed E-state index contributed by atoms with van der Waals surface area (Å²) in [6.45, 7) is 6.31. The van der Waals surface area contributed by atoms with E-state index in [0.717, 1.165) is 13.1 Å². The van der Waals surface area contributed by atoms with Crippen molar-refractivity contribution in [3.8, 4) is 0 Å². The van der Waals surface area contributed by atoms with Gasteiger partial charge in [-0.05, 0) is 46.1 Å². The Kier molecular flexibility index (Phi) is 5.79. The van der Waals surface area contributed by atoms with Crippen LogP contribution in [-0.4, -0.2) is 50.1 Å². The molecule has 1 aromatic carbocycles. The first-order valence-corrected chi connectivity index (χ1v) is 6.59. The van der Waals surface area contributed by atoms with E-state index in [0.29, 0.717) is 0 Å². The maximum atomic E-state index is 6.19. The predicted octanol–water partition coefficient (Wildman–Crippen LogP) is 1.88. The standard InChI is InChI=1S/C15H27N3/c1-12-8-6-7-9-14(12)15(13(2)16)18(5)11-10-17(3)4/h6-9,13,15H,10-11,16H2,1-5H3. The molecule has 2 N–H and O–H groups in total. The first kappa shape index (κ1) is 15.2. The topological polar surface area (TPSA) is 32.5 Å². The zero-order valence-corrected chi connectivity index (χ0v) is 12.4. The van der Waals surface area contributed by atoms with Gasteiger partial charge in [-0.15, -0.1) is 0 Å². The van der Waals surface area contributed by atoms with Gasteiger partial charge >= 0.3 is 0 Å². The highest BCUT2D eigenvalue weighted by Gasteiger charge is 2.22. The molecule has 0 aliphatic heterocycles. The van der Waals surface area contributed by atoms with Crippen LogP contribution < -0.4 is 5.73 Å². The van der Waals surface area contributed by atoms with Crippen LogP contribution in [0.5, 0.6) is 0 Å². The number of likely N-dealkylation sites (N-methyl/N-ethyl adjacent to an activating group) is 2. The third kappa shape index (κ3) is 4.09. The number of aryl methyl sites for hydroxylation is 1. The molecular formula is C15H27N3. The Labute approximate surface area is 112 Å². The van der Waals surface area contributed by atoms with Crippen molar-refractivity contribution in [1.29, 1.82) is 0 Å². The van der Waals surface area contributed by atoms with Gasteiger partial charge in [-0.2, -0.15) is 0 Å². The molecule has 3 nitrogen and oxygen atoms in total. The highest BCUT2D eigenvalue weighted by atomic mass is 15.2. The second-order valence-corrected chi connectivity index (χ2v) is 5.44. The third-order valence-corrected chi connectivity index (χ3v) is 3.38. The number of hydrogen-bond donors (Lipinski definition) is 1. The fourth-order valence-corrected chi connectivity index (χ4v) is 2.34. The quantitative estimate of drug-likeness (QED) is 0.835. The minimum absolute atomic E-state index is 0.123. The number of nitrogens with two attached hydrogens (primary N) is 1. The molecule has 0 saturated heterocycles. The monoisotopic (exact) mass is 249 g/mol. The lowest BCUT2D eigenvalue weighted by Gasteiger charge is -2.33. The van der Waals surface area contributed by atoms with Gasteiger partial charge in [0, 0.05) is 25.2 Å². The molecule has 2 atom stereocenters. The fraction of sp³-hybridized carbons (Fsp3) is 0.600. The number of rotatable bonds is 6. The second kappa shape index (κ2) is 6.88. The molecule has 0 spiro atoms. The second-order valence-electron chi connectivity index (χ2n) is 5.44. The third-order valence-electron chi connectivity index (χ3n) is 3.38. The van der Waals surface area contributed by atoms with Gasteiger partial charge < -0.3 is 10.6 Å². The molecule has 2 unspecified atom stereocenters.